The molecule has 0 unspecified atom stereocenters. The number of carbonyl (C=O) groups is 2. The van der Waals surface area contributed by atoms with E-state index in [2.05, 4.69) is 10.6 Å². The van der Waals surface area contributed by atoms with Gasteiger partial charge in [-0.15, -0.1) is 0 Å². The molecule has 1 saturated heterocycles. The van der Waals surface area contributed by atoms with Crippen molar-refractivity contribution in [1.29, 1.82) is 0 Å². The van der Waals surface area contributed by atoms with Crippen LogP contribution in [0.5, 0.6) is 5.75 Å². The van der Waals surface area contributed by atoms with E-state index in [4.69, 9.17) is 4.74 Å². The monoisotopic (exact) mass is 382 g/mol. The van der Waals surface area contributed by atoms with Gasteiger partial charge in [-0.2, -0.15) is 0 Å². The number of likely N-dealkylation sites (tertiary alicyclic amines) is 1. The SMILES string of the molecule is COc1ccccc1CNC(=O)C[NH+]1CCC(C(=O)Nc2ccccc2)CC1. The average Bonchev–Trinajstić information content (AvgIpc) is 2.73. The molecule has 0 radical (unpaired) electrons. The predicted octanol–water partition coefficient (Wildman–Crippen LogP) is 1.25. The number of anilines is 1. The number of para-hydroxylation sites is 2. The van der Waals surface area contributed by atoms with Gasteiger partial charge >= 0.3 is 0 Å². The topological polar surface area (TPSA) is 71.9 Å². The summed E-state index contributed by atoms with van der Waals surface area (Å²) in [5.41, 5.74) is 1.79. The van der Waals surface area contributed by atoms with E-state index in [9.17, 15) is 9.59 Å². The number of methoxy groups -OCH3 is 1. The van der Waals surface area contributed by atoms with Crippen molar-refractivity contribution >= 4 is 17.5 Å². The van der Waals surface area contributed by atoms with Crippen molar-refractivity contribution in [3.63, 3.8) is 0 Å². The molecule has 2 amide bonds. The Kier molecular flexibility index (Phi) is 7.03. The van der Waals surface area contributed by atoms with Crippen LogP contribution in [0.15, 0.2) is 54.6 Å². The van der Waals surface area contributed by atoms with Crippen molar-refractivity contribution in [2.24, 2.45) is 5.92 Å². The lowest BCUT2D eigenvalue weighted by Gasteiger charge is -2.28. The van der Waals surface area contributed by atoms with E-state index in [1.54, 1.807) is 7.11 Å². The first-order chi connectivity index (χ1) is 13.7. The molecule has 6 heteroatoms. The molecule has 2 aromatic carbocycles. The third-order valence-corrected chi connectivity index (χ3v) is 5.18. The fraction of sp³-hybridized carbons (Fsp3) is 0.364. The molecule has 0 spiro atoms. The second kappa shape index (κ2) is 9.90. The van der Waals surface area contributed by atoms with Gasteiger partial charge < -0.3 is 20.3 Å². The fourth-order valence-corrected chi connectivity index (χ4v) is 3.56. The Morgan fingerprint density at radius 1 is 1.04 bits per heavy atom. The van der Waals surface area contributed by atoms with E-state index in [1.807, 2.05) is 54.6 Å². The molecular formula is C22H28N3O3+. The quantitative estimate of drug-likeness (QED) is 0.675. The van der Waals surface area contributed by atoms with Gasteiger partial charge in [-0.1, -0.05) is 36.4 Å². The lowest BCUT2D eigenvalue weighted by Crippen LogP contribution is -3.14. The Balaban J connectivity index is 1.40. The lowest BCUT2D eigenvalue weighted by molar-refractivity contribution is -0.897. The number of benzene rings is 2. The highest BCUT2D eigenvalue weighted by Gasteiger charge is 2.28. The Hall–Kier alpha value is -2.86. The van der Waals surface area contributed by atoms with Gasteiger partial charge in [-0.25, -0.2) is 0 Å². The second-order valence-corrected chi connectivity index (χ2v) is 7.14. The molecule has 1 aliphatic heterocycles. The Labute approximate surface area is 165 Å². The first-order valence-corrected chi connectivity index (χ1v) is 9.74. The van der Waals surface area contributed by atoms with Crippen molar-refractivity contribution in [2.45, 2.75) is 19.4 Å². The Morgan fingerprint density at radius 3 is 2.43 bits per heavy atom. The molecule has 1 heterocycles. The molecule has 0 aromatic heterocycles. The first-order valence-electron chi connectivity index (χ1n) is 9.74. The van der Waals surface area contributed by atoms with Crippen molar-refractivity contribution in [3.05, 3.63) is 60.2 Å². The molecule has 1 fully saturated rings. The van der Waals surface area contributed by atoms with Crippen LogP contribution < -0.4 is 20.3 Å². The summed E-state index contributed by atoms with van der Waals surface area (Å²) in [6.07, 6.45) is 1.60. The van der Waals surface area contributed by atoms with Crippen molar-refractivity contribution in [1.82, 2.24) is 5.32 Å². The van der Waals surface area contributed by atoms with Crippen LogP contribution in [0, 0.1) is 5.92 Å². The van der Waals surface area contributed by atoms with Gasteiger partial charge in [0.2, 0.25) is 5.91 Å². The van der Waals surface area contributed by atoms with Gasteiger partial charge in [0.1, 0.15) is 5.75 Å². The van der Waals surface area contributed by atoms with Crippen molar-refractivity contribution < 1.29 is 19.2 Å². The summed E-state index contributed by atoms with van der Waals surface area (Å²) in [6.45, 7) is 2.55. The molecule has 3 rings (SSSR count). The highest BCUT2D eigenvalue weighted by Crippen LogP contribution is 2.16. The molecule has 0 bridgehead atoms. The van der Waals surface area contributed by atoms with Crippen LogP contribution in [-0.2, 0) is 16.1 Å². The standard InChI is InChI=1S/C22H27N3O3/c1-28-20-10-6-5-7-18(20)15-23-21(26)16-25-13-11-17(12-14-25)22(27)24-19-8-3-2-4-9-19/h2-10,17H,11-16H2,1H3,(H,23,26)(H,24,27)/p+1. The summed E-state index contributed by atoms with van der Waals surface area (Å²) < 4.78 is 5.31. The van der Waals surface area contributed by atoms with Crippen LogP contribution >= 0.6 is 0 Å². The molecule has 0 saturated carbocycles. The third-order valence-electron chi connectivity index (χ3n) is 5.18. The lowest BCUT2D eigenvalue weighted by atomic mass is 9.96. The Bertz CT molecular complexity index is 787. The third kappa shape index (κ3) is 5.57. The highest BCUT2D eigenvalue weighted by atomic mass is 16.5. The number of piperidine rings is 1. The summed E-state index contributed by atoms with van der Waals surface area (Å²) >= 11 is 0. The van der Waals surface area contributed by atoms with Crippen LogP contribution in [0.3, 0.4) is 0 Å². The van der Waals surface area contributed by atoms with Crippen molar-refractivity contribution in [3.8, 4) is 5.75 Å². The van der Waals surface area contributed by atoms with Gasteiger partial charge in [-0.3, -0.25) is 9.59 Å². The number of quaternary nitrogens is 1. The zero-order valence-corrected chi connectivity index (χ0v) is 16.2. The zero-order valence-electron chi connectivity index (χ0n) is 16.2. The summed E-state index contributed by atoms with van der Waals surface area (Å²) in [6, 6.07) is 17.2. The first kappa shape index (κ1) is 19.9. The van der Waals surface area contributed by atoms with Crippen LogP contribution in [0.4, 0.5) is 5.69 Å². The van der Waals surface area contributed by atoms with E-state index in [0.717, 1.165) is 42.9 Å². The number of ether oxygens (including phenoxy) is 1. The summed E-state index contributed by atoms with van der Waals surface area (Å²) in [4.78, 5) is 25.9. The minimum atomic E-state index is 0.0144. The molecule has 0 atom stereocenters. The molecule has 1 aliphatic rings. The molecule has 3 N–H and O–H groups in total. The Morgan fingerprint density at radius 2 is 1.71 bits per heavy atom. The number of hydrogen-bond donors (Lipinski definition) is 3. The average molecular weight is 382 g/mol. The molecule has 0 aliphatic carbocycles. The normalized spacial score (nSPS) is 18.9. The van der Waals surface area contributed by atoms with E-state index < -0.39 is 0 Å². The molecule has 6 nitrogen and oxygen atoms in total. The summed E-state index contributed by atoms with van der Waals surface area (Å²) in [7, 11) is 1.63. The predicted molar refractivity (Wildman–Crippen MR) is 108 cm³/mol. The van der Waals surface area contributed by atoms with Gasteiger partial charge in [0, 0.05) is 36.6 Å². The number of nitrogens with one attached hydrogen (secondary N) is 3. The zero-order chi connectivity index (χ0) is 19.8. The summed E-state index contributed by atoms with van der Waals surface area (Å²) in [5, 5.41) is 5.95. The van der Waals surface area contributed by atoms with Crippen molar-refractivity contribution in [2.75, 3.05) is 32.1 Å². The van der Waals surface area contributed by atoms with Gasteiger partial charge in [0.15, 0.2) is 6.54 Å². The smallest absolute Gasteiger partial charge is 0.275 e. The van der Waals surface area contributed by atoms with Crippen LogP contribution in [-0.4, -0.2) is 38.6 Å². The maximum Gasteiger partial charge on any atom is 0.275 e. The van der Waals surface area contributed by atoms with Crippen LogP contribution in [0.25, 0.3) is 0 Å². The second-order valence-electron chi connectivity index (χ2n) is 7.14. The molecule has 2 aromatic rings. The number of carbonyl (C=O) groups excluding carboxylic acids is 2. The number of rotatable bonds is 7. The van der Waals surface area contributed by atoms with E-state index in [-0.39, 0.29) is 17.7 Å². The van der Waals surface area contributed by atoms with Crippen LogP contribution in [0.2, 0.25) is 0 Å². The summed E-state index contributed by atoms with van der Waals surface area (Å²) in [5.74, 6) is 0.889. The molecule has 28 heavy (non-hydrogen) atoms. The van der Waals surface area contributed by atoms with Crippen LogP contribution in [0.1, 0.15) is 18.4 Å². The maximum atomic E-state index is 12.4. The minimum absolute atomic E-state index is 0.0144. The van der Waals surface area contributed by atoms with E-state index in [1.165, 1.54) is 4.90 Å². The molecular weight excluding hydrogens is 354 g/mol. The van der Waals surface area contributed by atoms with Gasteiger partial charge in [0.25, 0.3) is 5.91 Å². The fourth-order valence-electron chi connectivity index (χ4n) is 3.56. The van der Waals surface area contributed by atoms with Gasteiger partial charge in [-0.05, 0) is 18.2 Å². The van der Waals surface area contributed by atoms with Gasteiger partial charge in [0.05, 0.1) is 20.2 Å². The van der Waals surface area contributed by atoms with E-state index >= 15 is 0 Å². The maximum absolute atomic E-state index is 12.4. The largest absolute Gasteiger partial charge is 0.496 e. The highest BCUT2D eigenvalue weighted by molar-refractivity contribution is 5.92. The van der Waals surface area contributed by atoms with E-state index in [0.29, 0.717) is 13.1 Å². The minimum Gasteiger partial charge on any atom is -0.496 e. The number of hydrogen-bond acceptors (Lipinski definition) is 3. The number of amides is 2. The molecule has 148 valence electrons.